The molecule has 0 aromatic carbocycles. The highest BCUT2D eigenvalue weighted by Crippen LogP contribution is 2.36. The molecule has 160 valence electrons. The quantitative estimate of drug-likeness (QED) is 0.420. The first kappa shape index (κ1) is 22.4. The van der Waals surface area contributed by atoms with Gasteiger partial charge in [-0.25, -0.2) is 14.8 Å². The average molecular weight is 421 g/mol. The Kier molecular flexibility index (Phi) is 6.23. The van der Waals surface area contributed by atoms with Crippen molar-refractivity contribution in [2.75, 3.05) is 12.3 Å². The van der Waals surface area contributed by atoms with Gasteiger partial charge in [0.1, 0.15) is 5.60 Å². The number of likely N-dealkylation sites (tertiary alicyclic amines) is 1. The molecule has 0 N–H and O–H groups in total. The maximum Gasteiger partial charge on any atom is 0.498 e. The van der Waals surface area contributed by atoms with Crippen molar-refractivity contribution in [1.82, 2.24) is 14.9 Å². The molecule has 1 aromatic rings. The van der Waals surface area contributed by atoms with E-state index in [9.17, 15) is 4.79 Å². The van der Waals surface area contributed by atoms with Crippen molar-refractivity contribution in [2.45, 2.75) is 89.3 Å². The summed E-state index contributed by atoms with van der Waals surface area (Å²) in [6, 6.07) is 0.140. The number of carbonyl (C=O) groups excluding carboxylic acids is 1. The standard InChI is InChI=1S/C20H32BN3O4S/c1-18(2,3)26-17(25)24-10-8-9-15(24)13-29-16-22-11-14(12-23-16)21-27-19(4,5)20(6,7)28-21/h11-12,15H,8-10,13H2,1-7H3/t15-/m0/s1. The molecule has 2 aliphatic rings. The first-order valence-electron chi connectivity index (χ1n) is 10.2. The third kappa shape index (κ3) is 5.24. The van der Waals surface area contributed by atoms with Gasteiger partial charge in [-0.05, 0) is 61.3 Å². The number of hydrogen-bond acceptors (Lipinski definition) is 7. The minimum absolute atomic E-state index is 0.140. The number of aromatic nitrogens is 2. The lowest BCUT2D eigenvalue weighted by molar-refractivity contribution is 0.00578. The highest BCUT2D eigenvalue weighted by atomic mass is 32.2. The molecule has 9 heteroatoms. The van der Waals surface area contributed by atoms with Gasteiger partial charge < -0.3 is 18.9 Å². The monoisotopic (exact) mass is 421 g/mol. The van der Waals surface area contributed by atoms with Crippen LogP contribution in [0.1, 0.15) is 61.3 Å². The van der Waals surface area contributed by atoms with Crippen molar-refractivity contribution in [2.24, 2.45) is 0 Å². The molecular formula is C20H32BN3O4S. The van der Waals surface area contributed by atoms with Crippen LogP contribution < -0.4 is 5.46 Å². The summed E-state index contributed by atoms with van der Waals surface area (Å²) in [5, 5.41) is 0.682. The second kappa shape index (κ2) is 8.08. The summed E-state index contributed by atoms with van der Waals surface area (Å²) in [5.74, 6) is 0.745. The van der Waals surface area contributed by atoms with Crippen LogP contribution in [-0.2, 0) is 14.0 Å². The molecule has 3 heterocycles. The van der Waals surface area contributed by atoms with E-state index in [4.69, 9.17) is 14.0 Å². The zero-order valence-corrected chi connectivity index (χ0v) is 19.3. The number of ether oxygens (including phenoxy) is 1. The van der Waals surface area contributed by atoms with Crippen LogP contribution in [0.5, 0.6) is 0 Å². The van der Waals surface area contributed by atoms with Crippen molar-refractivity contribution in [3.63, 3.8) is 0 Å². The van der Waals surface area contributed by atoms with Crippen LogP contribution in [0.2, 0.25) is 0 Å². The lowest BCUT2D eigenvalue weighted by atomic mass is 9.81. The fraction of sp³-hybridized carbons (Fsp3) is 0.750. The van der Waals surface area contributed by atoms with E-state index in [1.54, 1.807) is 24.2 Å². The van der Waals surface area contributed by atoms with Crippen LogP contribution in [0.25, 0.3) is 0 Å². The van der Waals surface area contributed by atoms with Gasteiger partial charge in [-0.2, -0.15) is 0 Å². The summed E-state index contributed by atoms with van der Waals surface area (Å²) in [7, 11) is -0.462. The van der Waals surface area contributed by atoms with E-state index in [1.165, 1.54) is 0 Å². The number of rotatable bonds is 4. The van der Waals surface area contributed by atoms with Crippen LogP contribution in [0.3, 0.4) is 0 Å². The number of thioether (sulfide) groups is 1. The third-order valence-corrected chi connectivity index (χ3v) is 6.60. The van der Waals surface area contributed by atoms with E-state index >= 15 is 0 Å². The van der Waals surface area contributed by atoms with Gasteiger partial charge in [-0.3, -0.25) is 0 Å². The Hall–Kier alpha value is -1.32. The van der Waals surface area contributed by atoms with Crippen molar-refractivity contribution in [1.29, 1.82) is 0 Å². The zero-order chi connectivity index (χ0) is 21.4. The lowest BCUT2D eigenvalue weighted by Gasteiger charge is -2.32. The van der Waals surface area contributed by atoms with Crippen LogP contribution >= 0.6 is 11.8 Å². The Morgan fingerprint density at radius 1 is 1.24 bits per heavy atom. The number of amides is 1. The normalized spacial score (nSPS) is 23.5. The fourth-order valence-electron chi connectivity index (χ4n) is 3.24. The Bertz CT molecular complexity index is 720. The van der Waals surface area contributed by atoms with Crippen LogP contribution in [0.4, 0.5) is 4.79 Å². The van der Waals surface area contributed by atoms with Crippen LogP contribution in [0, 0.1) is 0 Å². The van der Waals surface area contributed by atoms with Gasteiger partial charge in [-0.15, -0.1) is 0 Å². The van der Waals surface area contributed by atoms with Crippen LogP contribution in [0.15, 0.2) is 17.6 Å². The predicted octanol–water partition coefficient (Wildman–Crippen LogP) is 3.27. The fourth-order valence-corrected chi connectivity index (χ4v) is 4.18. The van der Waals surface area contributed by atoms with Crippen molar-refractivity contribution >= 4 is 30.4 Å². The van der Waals surface area contributed by atoms with Gasteiger partial charge >= 0.3 is 13.2 Å². The predicted molar refractivity (Wildman–Crippen MR) is 114 cm³/mol. The number of hydrogen-bond donors (Lipinski definition) is 0. The zero-order valence-electron chi connectivity index (χ0n) is 18.5. The molecule has 3 rings (SSSR count). The first-order chi connectivity index (χ1) is 13.4. The summed E-state index contributed by atoms with van der Waals surface area (Å²) >= 11 is 1.55. The topological polar surface area (TPSA) is 73.8 Å². The Labute approximate surface area is 178 Å². The average Bonchev–Trinajstić information content (AvgIpc) is 3.14. The SMILES string of the molecule is CC(C)(C)OC(=O)N1CCC[C@H]1CSc1ncc(B2OC(C)(C)C(C)(C)O2)cn1. The highest BCUT2D eigenvalue weighted by molar-refractivity contribution is 7.99. The second-order valence-corrected chi connectivity index (χ2v) is 10.7. The maximum atomic E-state index is 12.4. The Morgan fingerprint density at radius 3 is 2.38 bits per heavy atom. The van der Waals surface area contributed by atoms with Gasteiger partial charge in [0.25, 0.3) is 0 Å². The third-order valence-electron chi connectivity index (χ3n) is 5.58. The maximum absolute atomic E-state index is 12.4. The molecule has 2 fully saturated rings. The van der Waals surface area contributed by atoms with Crippen molar-refractivity contribution < 1.29 is 18.8 Å². The summed E-state index contributed by atoms with van der Waals surface area (Å²) in [6.07, 6.45) is 5.25. The molecule has 1 amide bonds. The van der Waals surface area contributed by atoms with E-state index < -0.39 is 23.9 Å². The lowest BCUT2D eigenvalue weighted by Crippen LogP contribution is -2.41. The van der Waals surface area contributed by atoms with Gasteiger partial charge in [0.15, 0.2) is 5.16 Å². The molecule has 1 atom stereocenters. The van der Waals surface area contributed by atoms with E-state index in [-0.39, 0.29) is 12.1 Å². The highest BCUT2D eigenvalue weighted by Gasteiger charge is 2.52. The minimum atomic E-state index is -0.482. The molecule has 0 saturated carbocycles. The Balaban J connectivity index is 1.56. The molecule has 2 saturated heterocycles. The largest absolute Gasteiger partial charge is 0.498 e. The molecule has 0 aliphatic carbocycles. The Morgan fingerprint density at radius 2 is 1.83 bits per heavy atom. The molecule has 0 unspecified atom stereocenters. The number of carbonyl (C=O) groups is 1. The van der Waals surface area contributed by atoms with Crippen LogP contribution in [-0.4, -0.2) is 63.2 Å². The summed E-state index contributed by atoms with van der Waals surface area (Å²) in [5.41, 5.74) is -0.453. The molecule has 7 nitrogen and oxygen atoms in total. The smallest absolute Gasteiger partial charge is 0.444 e. The van der Waals surface area contributed by atoms with E-state index in [1.807, 2.05) is 53.4 Å². The molecule has 0 bridgehead atoms. The second-order valence-electron chi connectivity index (χ2n) is 9.67. The number of nitrogens with zero attached hydrogens (tertiary/aromatic N) is 3. The molecule has 1 aromatic heterocycles. The van der Waals surface area contributed by atoms with Crippen molar-refractivity contribution in [3.8, 4) is 0 Å². The summed E-state index contributed by atoms with van der Waals surface area (Å²) in [4.78, 5) is 23.2. The van der Waals surface area contributed by atoms with Gasteiger partial charge in [-0.1, -0.05) is 11.8 Å². The van der Waals surface area contributed by atoms with Gasteiger partial charge in [0.05, 0.1) is 11.2 Å². The molecule has 2 aliphatic heterocycles. The molecule has 0 radical (unpaired) electrons. The van der Waals surface area contributed by atoms with Crippen molar-refractivity contribution in [3.05, 3.63) is 12.4 Å². The van der Waals surface area contributed by atoms with E-state index in [0.29, 0.717) is 5.16 Å². The van der Waals surface area contributed by atoms with Gasteiger partial charge in [0, 0.05) is 36.2 Å². The summed E-state index contributed by atoms with van der Waals surface area (Å²) < 4.78 is 17.6. The first-order valence-corrected chi connectivity index (χ1v) is 11.2. The van der Waals surface area contributed by atoms with Gasteiger partial charge in [0.2, 0.25) is 0 Å². The van der Waals surface area contributed by atoms with E-state index in [0.717, 1.165) is 30.6 Å². The van der Waals surface area contributed by atoms with E-state index in [2.05, 4.69) is 9.97 Å². The summed E-state index contributed by atoms with van der Waals surface area (Å²) in [6.45, 7) is 14.5. The molecule has 29 heavy (non-hydrogen) atoms. The molecular weight excluding hydrogens is 389 g/mol. The minimum Gasteiger partial charge on any atom is -0.444 e. The molecule has 0 spiro atoms.